The monoisotopic (exact) mass is 588 g/mol. The van der Waals surface area contributed by atoms with E-state index >= 15 is 0 Å². The molecular formula is C22H22Cl6N2O4. The van der Waals surface area contributed by atoms with Crippen LogP contribution in [0.5, 0.6) is 11.5 Å². The molecule has 0 fully saturated rings. The van der Waals surface area contributed by atoms with E-state index in [0.29, 0.717) is 44.7 Å². The highest BCUT2D eigenvalue weighted by atomic mass is 35.5. The minimum Gasteiger partial charge on any atom is -0.482 e. The number of nitrogens with one attached hydrogen (secondary N) is 2. The van der Waals surface area contributed by atoms with Crippen molar-refractivity contribution in [1.82, 2.24) is 10.6 Å². The fourth-order valence-electron chi connectivity index (χ4n) is 2.68. The molecule has 186 valence electrons. The number of amides is 2. The second-order valence-electron chi connectivity index (χ2n) is 7.08. The zero-order valence-electron chi connectivity index (χ0n) is 17.9. The molecule has 0 aliphatic carbocycles. The Morgan fingerprint density at radius 1 is 0.559 bits per heavy atom. The summed E-state index contributed by atoms with van der Waals surface area (Å²) in [6.45, 7) is 0.669. The van der Waals surface area contributed by atoms with Gasteiger partial charge < -0.3 is 20.1 Å². The van der Waals surface area contributed by atoms with Crippen molar-refractivity contribution in [1.29, 1.82) is 0 Å². The molecular weight excluding hydrogens is 569 g/mol. The highest BCUT2D eigenvalue weighted by Crippen LogP contribution is 2.34. The van der Waals surface area contributed by atoms with Gasteiger partial charge in [0.25, 0.3) is 11.8 Å². The lowest BCUT2D eigenvalue weighted by atomic mass is 10.2. The van der Waals surface area contributed by atoms with Crippen molar-refractivity contribution in [3.05, 3.63) is 54.4 Å². The molecule has 34 heavy (non-hydrogen) atoms. The predicted molar refractivity (Wildman–Crippen MR) is 138 cm³/mol. The van der Waals surface area contributed by atoms with Gasteiger partial charge in [0.05, 0.1) is 30.1 Å². The number of carbonyl (C=O) groups is 2. The highest BCUT2D eigenvalue weighted by Gasteiger charge is 2.10. The zero-order chi connectivity index (χ0) is 25.1. The summed E-state index contributed by atoms with van der Waals surface area (Å²) < 4.78 is 10.8. The van der Waals surface area contributed by atoms with Crippen molar-refractivity contribution in [3.63, 3.8) is 0 Å². The summed E-state index contributed by atoms with van der Waals surface area (Å²) >= 11 is 35.6. The van der Waals surface area contributed by atoms with E-state index < -0.39 is 0 Å². The van der Waals surface area contributed by atoms with Crippen LogP contribution in [0.25, 0.3) is 0 Å². The number of ether oxygens (including phenoxy) is 2. The Bertz CT molecular complexity index is 926. The first-order valence-corrected chi connectivity index (χ1v) is 12.5. The van der Waals surface area contributed by atoms with Gasteiger partial charge in [-0.05, 0) is 25.0 Å². The molecule has 0 spiro atoms. The molecule has 0 bridgehead atoms. The number of carbonyl (C=O) groups excluding carboxylic acids is 2. The Morgan fingerprint density at radius 2 is 0.912 bits per heavy atom. The first-order valence-electron chi connectivity index (χ1n) is 10.3. The van der Waals surface area contributed by atoms with Crippen molar-refractivity contribution in [3.8, 4) is 11.5 Å². The van der Waals surface area contributed by atoms with Crippen LogP contribution in [0.2, 0.25) is 30.1 Å². The van der Waals surface area contributed by atoms with Crippen molar-refractivity contribution >= 4 is 81.4 Å². The van der Waals surface area contributed by atoms with Gasteiger partial charge in [-0.15, -0.1) is 0 Å². The van der Waals surface area contributed by atoms with Crippen molar-refractivity contribution in [2.75, 3.05) is 26.3 Å². The summed E-state index contributed by atoms with van der Waals surface area (Å²) in [7, 11) is 0. The van der Waals surface area contributed by atoms with Crippen LogP contribution in [0.3, 0.4) is 0 Å². The Hall–Kier alpha value is -1.28. The minimum atomic E-state index is -0.267. The summed E-state index contributed by atoms with van der Waals surface area (Å²) in [5, 5.41) is 7.30. The summed E-state index contributed by atoms with van der Waals surface area (Å²) in [6.07, 6.45) is 3.38. The molecule has 0 saturated heterocycles. The summed E-state index contributed by atoms with van der Waals surface area (Å²) in [6, 6.07) is 5.85. The van der Waals surface area contributed by atoms with Gasteiger partial charge in [-0.25, -0.2) is 0 Å². The number of benzene rings is 2. The third kappa shape index (κ3) is 10.1. The van der Waals surface area contributed by atoms with E-state index in [0.717, 1.165) is 25.7 Å². The summed E-state index contributed by atoms with van der Waals surface area (Å²) in [5.74, 6) is 0.0467. The van der Waals surface area contributed by atoms with Gasteiger partial charge in [-0.3, -0.25) is 9.59 Å². The van der Waals surface area contributed by atoms with E-state index in [-0.39, 0.29) is 35.1 Å². The van der Waals surface area contributed by atoms with Gasteiger partial charge in [0.2, 0.25) is 0 Å². The molecule has 0 atom stereocenters. The molecule has 0 heterocycles. The Labute approximate surface area is 228 Å². The molecule has 0 aliphatic rings. The maximum Gasteiger partial charge on any atom is 0.257 e. The van der Waals surface area contributed by atoms with Gasteiger partial charge in [0.1, 0.15) is 11.5 Å². The lowest BCUT2D eigenvalue weighted by Crippen LogP contribution is -2.30. The molecule has 2 rings (SSSR count). The number of hydrogen-bond donors (Lipinski definition) is 2. The van der Waals surface area contributed by atoms with Gasteiger partial charge in [0, 0.05) is 25.2 Å². The topological polar surface area (TPSA) is 76.7 Å². The van der Waals surface area contributed by atoms with Crippen molar-refractivity contribution < 1.29 is 19.1 Å². The average Bonchev–Trinajstić information content (AvgIpc) is 2.78. The minimum absolute atomic E-state index is 0.181. The van der Waals surface area contributed by atoms with Crippen LogP contribution in [0.15, 0.2) is 24.3 Å². The first kappa shape index (κ1) is 29.0. The van der Waals surface area contributed by atoms with Crippen molar-refractivity contribution in [2.45, 2.75) is 25.7 Å². The highest BCUT2D eigenvalue weighted by molar-refractivity contribution is 6.44. The molecule has 0 aliphatic heterocycles. The van der Waals surface area contributed by atoms with E-state index in [1.54, 1.807) is 0 Å². The standard InChI is InChI=1S/C22H22Cl6N2O4/c23-13-7-17(27)19(9-15(13)25)33-11-21(31)29-5-3-1-2-4-6-30-22(32)12-34-20-10-16(26)14(24)8-18(20)28/h7-10H,1-6,11-12H2,(H,29,31)(H,30,32). The number of hydrogen-bond acceptors (Lipinski definition) is 4. The smallest absolute Gasteiger partial charge is 0.257 e. The van der Waals surface area contributed by atoms with E-state index in [1.807, 2.05) is 0 Å². The first-order chi connectivity index (χ1) is 16.2. The molecule has 0 unspecified atom stereocenters. The molecule has 0 aromatic heterocycles. The molecule has 2 N–H and O–H groups in total. The van der Waals surface area contributed by atoms with Crippen LogP contribution >= 0.6 is 69.6 Å². The second-order valence-corrected chi connectivity index (χ2v) is 9.53. The summed E-state index contributed by atoms with van der Waals surface area (Å²) in [5.41, 5.74) is 0. The van der Waals surface area contributed by atoms with Crippen molar-refractivity contribution in [2.24, 2.45) is 0 Å². The maximum atomic E-state index is 11.9. The molecule has 6 nitrogen and oxygen atoms in total. The maximum absolute atomic E-state index is 11.9. The normalized spacial score (nSPS) is 10.6. The zero-order valence-corrected chi connectivity index (χ0v) is 22.4. The predicted octanol–water partition coefficient (Wildman–Crippen LogP) is 6.86. The second kappa shape index (κ2) is 15.0. The number of unbranched alkanes of at least 4 members (excludes halogenated alkanes) is 3. The third-order valence-electron chi connectivity index (χ3n) is 4.42. The molecule has 12 heteroatoms. The quantitative estimate of drug-likeness (QED) is 0.197. The van der Waals surface area contributed by atoms with Gasteiger partial charge in [-0.2, -0.15) is 0 Å². The Balaban J connectivity index is 1.50. The molecule has 2 amide bonds. The van der Waals surface area contributed by atoms with Crippen LogP contribution < -0.4 is 20.1 Å². The fraction of sp³-hybridized carbons (Fsp3) is 0.364. The van der Waals surface area contributed by atoms with Gasteiger partial charge >= 0.3 is 0 Å². The fourth-order valence-corrected chi connectivity index (χ4v) is 3.86. The largest absolute Gasteiger partial charge is 0.482 e. The van der Waals surface area contributed by atoms with E-state index in [2.05, 4.69) is 10.6 Å². The molecule has 2 aromatic rings. The molecule has 2 aromatic carbocycles. The van der Waals surface area contributed by atoms with Crippen LogP contribution in [-0.2, 0) is 9.59 Å². The SMILES string of the molecule is O=C(COc1cc(Cl)c(Cl)cc1Cl)NCCCCCCNC(=O)COc1cc(Cl)c(Cl)cc1Cl. The van der Waals surface area contributed by atoms with Gasteiger partial charge in [0.15, 0.2) is 13.2 Å². The lowest BCUT2D eigenvalue weighted by Gasteiger charge is -2.10. The molecule has 0 saturated carbocycles. The third-order valence-corrected chi connectivity index (χ3v) is 6.45. The number of halogens is 6. The van der Waals surface area contributed by atoms with E-state index in [1.165, 1.54) is 24.3 Å². The van der Waals surface area contributed by atoms with E-state index in [9.17, 15) is 9.59 Å². The number of rotatable bonds is 13. The van der Waals surface area contributed by atoms with Gasteiger partial charge in [-0.1, -0.05) is 82.4 Å². The Morgan fingerprint density at radius 3 is 1.29 bits per heavy atom. The van der Waals surface area contributed by atoms with Crippen LogP contribution in [0, 0.1) is 0 Å². The Kier molecular flexibility index (Phi) is 12.7. The average molecular weight is 591 g/mol. The van der Waals surface area contributed by atoms with E-state index in [4.69, 9.17) is 79.1 Å². The molecule has 0 radical (unpaired) electrons. The lowest BCUT2D eigenvalue weighted by molar-refractivity contribution is -0.123. The van der Waals surface area contributed by atoms with Crippen LogP contribution in [0.1, 0.15) is 25.7 Å². The van der Waals surface area contributed by atoms with Crippen LogP contribution in [-0.4, -0.2) is 38.1 Å². The summed E-state index contributed by atoms with van der Waals surface area (Å²) in [4.78, 5) is 23.8. The van der Waals surface area contributed by atoms with Crippen LogP contribution in [0.4, 0.5) is 0 Å².